The van der Waals surface area contributed by atoms with Gasteiger partial charge in [-0.3, -0.25) is 0 Å². The molecule has 0 fully saturated rings. The van der Waals surface area contributed by atoms with Gasteiger partial charge in [0.15, 0.2) is 0 Å². The first-order valence-electron chi connectivity index (χ1n) is 5.05. The molecule has 2 N–H and O–H groups in total. The second-order valence-electron chi connectivity index (χ2n) is 3.89. The fraction of sp³-hybridized carbons (Fsp3) is 0.364. The molecule has 0 radical (unpaired) electrons. The van der Waals surface area contributed by atoms with Crippen LogP contribution in [0, 0.1) is 6.92 Å². The molecule has 0 saturated carbocycles. The molecule has 0 amide bonds. The number of hydrogen-bond acceptors (Lipinski definition) is 4. The quantitative estimate of drug-likeness (QED) is 0.826. The topological polar surface area (TPSA) is 83.5 Å². The number of anilines is 1. The van der Waals surface area contributed by atoms with Crippen LogP contribution in [-0.4, -0.2) is 38.0 Å². The molecule has 5 nitrogen and oxygen atoms in total. The zero-order chi connectivity index (χ0) is 13.1. The third-order valence-electron chi connectivity index (χ3n) is 2.26. The van der Waals surface area contributed by atoms with Crippen molar-refractivity contribution in [3.63, 3.8) is 0 Å². The third-order valence-corrected chi connectivity index (χ3v) is 3.20. The van der Waals surface area contributed by atoms with Crippen molar-refractivity contribution >= 4 is 21.5 Å². The van der Waals surface area contributed by atoms with E-state index in [1.807, 2.05) is 0 Å². The number of benzene rings is 1. The third kappa shape index (κ3) is 4.44. The van der Waals surface area contributed by atoms with E-state index in [4.69, 9.17) is 5.11 Å². The minimum Gasteiger partial charge on any atom is -0.478 e. The molecule has 0 aliphatic heterocycles. The summed E-state index contributed by atoms with van der Waals surface area (Å²) in [5.41, 5.74) is 1.61. The Morgan fingerprint density at radius 1 is 1.41 bits per heavy atom. The van der Waals surface area contributed by atoms with Crippen LogP contribution >= 0.6 is 0 Å². The first-order chi connectivity index (χ1) is 7.79. The summed E-state index contributed by atoms with van der Waals surface area (Å²) in [5.74, 6) is -0.919. The van der Waals surface area contributed by atoms with Crippen LogP contribution in [0.1, 0.15) is 15.9 Å². The van der Waals surface area contributed by atoms with Crippen LogP contribution in [0.25, 0.3) is 0 Å². The van der Waals surface area contributed by atoms with Gasteiger partial charge in [-0.2, -0.15) is 0 Å². The highest BCUT2D eigenvalue weighted by molar-refractivity contribution is 7.90. The lowest BCUT2D eigenvalue weighted by Gasteiger charge is -2.08. The van der Waals surface area contributed by atoms with E-state index in [1.165, 1.54) is 12.3 Å². The van der Waals surface area contributed by atoms with Gasteiger partial charge in [0.1, 0.15) is 9.84 Å². The maximum atomic E-state index is 10.9. The fourth-order valence-electron chi connectivity index (χ4n) is 1.39. The highest BCUT2D eigenvalue weighted by Crippen LogP contribution is 2.14. The Balaban J connectivity index is 2.68. The summed E-state index contributed by atoms with van der Waals surface area (Å²) in [6.45, 7) is 2.01. The van der Waals surface area contributed by atoms with Gasteiger partial charge in [0.2, 0.25) is 0 Å². The predicted molar refractivity (Wildman–Crippen MR) is 66.3 cm³/mol. The molecule has 0 bridgehead atoms. The number of carboxylic acids is 1. The molecular weight excluding hydrogens is 242 g/mol. The van der Waals surface area contributed by atoms with E-state index in [9.17, 15) is 13.2 Å². The Morgan fingerprint density at radius 2 is 2.06 bits per heavy atom. The highest BCUT2D eigenvalue weighted by atomic mass is 32.2. The summed E-state index contributed by atoms with van der Waals surface area (Å²) in [6, 6.07) is 4.81. The number of rotatable bonds is 5. The molecule has 0 heterocycles. The normalized spacial score (nSPS) is 11.2. The molecule has 1 aromatic rings. The van der Waals surface area contributed by atoms with Gasteiger partial charge in [-0.25, -0.2) is 13.2 Å². The second-order valence-corrected chi connectivity index (χ2v) is 6.15. The Morgan fingerprint density at radius 3 is 2.53 bits per heavy atom. The number of aromatic carboxylic acids is 1. The van der Waals surface area contributed by atoms with Gasteiger partial charge in [0, 0.05) is 18.5 Å². The van der Waals surface area contributed by atoms with Crippen LogP contribution in [0.4, 0.5) is 5.69 Å². The Labute approximate surface area is 100 Å². The summed E-state index contributed by atoms with van der Waals surface area (Å²) < 4.78 is 21.8. The maximum absolute atomic E-state index is 10.9. The second kappa shape index (κ2) is 5.18. The molecule has 0 atom stereocenters. The molecule has 6 heteroatoms. The van der Waals surface area contributed by atoms with E-state index in [-0.39, 0.29) is 11.3 Å². The average molecular weight is 257 g/mol. The largest absolute Gasteiger partial charge is 0.478 e. The SMILES string of the molecule is Cc1cc(NCCS(C)(=O)=O)ccc1C(=O)O. The predicted octanol–water partition coefficient (Wildman–Crippen LogP) is 1.15. The molecule has 0 aromatic heterocycles. The Hall–Kier alpha value is -1.56. The van der Waals surface area contributed by atoms with Crippen LogP contribution in [-0.2, 0) is 9.84 Å². The van der Waals surface area contributed by atoms with Gasteiger partial charge in [0.25, 0.3) is 0 Å². The minimum atomic E-state index is -2.98. The van der Waals surface area contributed by atoms with E-state index < -0.39 is 15.8 Å². The van der Waals surface area contributed by atoms with Crippen molar-refractivity contribution in [2.75, 3.05) is 23.9 Å². The number of hydrogen-bond donors (Lipinski definition) is 2. The summed E-state index contributed by atoms with van der Waals surface area (Å²) in [4.78, 5) is 10.8. The number of sulfone groups is 1. The van der Waals surface area contributed by atoms with Crippen molar-refractivity contribution in [3.8, 4) is 0 Å². The summed E-state index contributed by atoms with van der Waals surface area (Å²) >= 11 is 0. The van der Waals surface area contributed by atoms with E-state index in [0.717, 1.165) is 5.69 Å². The van der Waals surface area contributed by atoms with Crippen molar-refractivity contribution in [3.05, 3.63) is 29.3 Å². The summed E-state index contributed by atoms with van der Waals surface area (Å²) in [6.07, 6.45) is 1.17. The van der Waals surface area contributed by atoms with Crippen LogP contribution in [0.2, 0.25) is 0 Å². The molecule has 0 saturated heterocycles. The lowest BCUT2D eigenvalue weighted by molar-refractivity contribution is 0.0696. The molecule has 0 unspecified atom stereocenters. The fourth-order valence-corrected chi connectivity index (χ4v) is 1.87. The van der Waals surface area contributed by atoms with E-state index >= 15 is 0 Å². The van der Waals surface area contributed by atoms with Crippen molar-refractivity contribution in [1.82, 2.24) is 0 Å². The van der Waals surface area contributed by atoms with E-state index in [2.05, 4.69) is 5.32 Å². The van der Waals surface area contributed by atoms with Gasteiger partial charge in [-0.05, 0) is 30.7 Å². The summed E-state index contributed by atoms with van der Waals surface area (Å²) in [7, 11) is -2.98. The van der Waals surface area contributed by atoms with Crippen LogP contribution in [0.15, 0.2) is 18.2 Å². The zero-order valence-corrected chi connectivity index (χ0v) is 10.5. The molecule has 1 rings (SSSR count). The molecule has 0 aliphatic rings. The van der Waals surface area contributed by atoms with Crippen molar-refractivity contribution < 1.29 is 18.3 Å². The molecule has 0 aliphatic carbocycles. The number of nitrogens with one attached hydrogen (secondary N) is 1. The lowest BCUT2D eigenvalue weighted by Crippen LogP contribution is -2.14. The van der Waals surface area contributed by atoms with Gasteiger partial charge in [-0.1, -0.05) is 0 Å². The van der Waals surface area contributed by atoms with Gasteiger partial charge < -0.3 is 10.4 Å². The zero-order valence-electron chi connectivity index (χ0n) is 9.73. The van der Waals surface area contributed by atoms with Gasteiger partial charge in [-0.15, -0.1) is 0 Å². The number of aryl methyl sites for hydroxylation is 1. The smallest absolute Gasteiger partial charge is 0.335 e. The highest BCUT2D eigenvalue weighted by Gasteiger charge is 2.07. The van der Waals surface area contributed by atoms with Gasteiger partial charge in [0.05, 0.1) is 11.3 Å². The molecule has 0 spiro atoms. The first-order valence-corrected chi connectivity index (χ1v) is 7.11. The maximum Gasteiger partial charge on any atom is 0.335 e. The first kappa shape index (κ1) is 13.5. The standard InChI is InChI=1S/C11H15NO4S/c1-8-7-9(3-4-10(8)11(13)14)12-5-6-17(2,15)16/h3-4,7,12H,5-6H2,1-2H3,(H,13,14). The van der Waals surface area contributed by atoms with Crippen LogP contribution < -0.4 is 5.32 Å². The van der Waals surface area contributed by atoms with E-state index in [0.29, 0.717) is 12.1 Å². The van der Waals surface area contributed by atoms with Crippen LogP contribution in [0.5, 0.6) is 0 Å². The minimum absolute atomic E-state index is 0.0483. The van der Waals surface area contributed by atoms with Crippen molar-refractivity contribution in [2.45, 2.75) is 6.92 Å². The average Bonchev–Trinajstić information content (AvgIpc) is 2.15. The van der Waals surface area contributed by atoms with Crippen molar-refractivity contribution in [1.29, 1.82) is 0 Å². The number of carbonyl (C=O) groups is 1. The molecule has 94 valence electrons. The van der Waals surface area contributed by atoms with E-state index in [1.54, 1.807) is 19.1 Å². The number of carboxylic acid groups (broad SMARTS) is 1. The Bertz CT molecular complexity index is 522. The monoisotopic (exact) mass is 257 g/mol. The van der Waals surface area contributed by atoms with Gasteiger partial charge >= 0.3 is 5.97 Å². The molecular formula is C11H15NO4S. The summed E-state index contributed by atoms with van der Waals surface area (Å²) in [5, 5.41) is 11.8. The Kier molecular flexibility index (Phi) is 4.11. The molecule has 1 aromatic carbocycles. The lowest BCUT2D eigenvalue weighted by atomic mass is 10.1. The van der Waals surface area contributed by atoms with Crippen LogP contribution in [0.3, 0.4) is 0 Å². The van der Waals surface area contributed by atoms with Crippen molar-refractivity contribution in [2.24, 2.45) is 0 Å². The molecule has 17 heavy (non-hydrogen) atoms.